The van der Waals surface area contributed by atoms with Crippen molar-refractivity contribution in [2.45, 2.75) is 39.7 Å². The summed E-state index contributed by atoms with van der Waals surface area (Å²) in [5, 5.41) is 4.55. The number of fused-ring (bicyclic) bond motifs is 1. The van der Waals surface area contributed by atoms with Crippen LogP contribution < -0.4 is 5.32 Å². The van der Waals surface area contributed by atoms with E-state index in [9.17, 15) is 4.79 Å². The van der Waals surface area contributed by atoms with Gasteiger partial charge >= 0.3 is 0 Å². The summed E-state index contributed by atoms with van der Waals surface area (Å²) < 4.78 is 0. The largest absolute Gasteiger partial charge is 0.347 e. The zero-order chi connectivity index (χ0) is 14.9. The van der Waals surface area contributed by atoms with Gasteiger partial charge in [0.1, 0.15) is 0 Å². The molecule has 0 radical (unpaired) electrons. The predicted molar refractivity (Wildman–Crippen MR) is 83.3 cm³/mol. The molecular weight excluding hydrogens is 272 g/mol. The van der Waals surface area contributed by atoms with Crippen molar-refractivity contribution >= 4 is 28.4 Å². The topological polar surface area (TPSA) is 42.0 Å². The first kappa shape index (κ1) is 14.8. The van der Waals surface area contributed by atoms with Crippen LogP contribution in [0.25, 0.3) is 10.9 Å². The minimum Gasteiger partial charge on any atom is -0.347 e. The van der Waals surface area contributed by atoms with E-state index >= 15 is 0 Å². The third-order valence-corrected chi connectivity index (χ3v) is 3.78. The molecule has 0 unspecified atom stereocenters. The van der Waals surface area contributed by atoms with Gasteiger partial charge in [0.15, 0.2) is 0 Å². The van der Waals surface area contributed by atoms with Gasteiger partial charge in [0.05, 0.1) is 16.8 Å². The van der Waals surface area contributed by atoms with Crippen molar-refractivity contribution in [3.05, 3.63) is 40.5 Å². The average molecular weight is 291 g/mol. The lowest BCUT2D eigenvalue weighted by Gasteiger charge is -2.24. The molecule has 2 aromatic rings. The quantitative estimate of drug-likeness (QED) is 0.924. The number of hydrogen-bond donors (Lipinski definition) is 1. The minimum atomic E-state index is -0.229. The Balaban J connectivity index is 2.43. The first-order chi connectivity index (χ1) is 9.32. The first-order valence-corrected chi connectivity index (χ1v) is 7.09. The molecule has 1 amide bonds. The summed E-state index contributed by atoms with van der Waals surface area (Å²) in [7, 11) is 0. The van der Waals surface area contributed by atoms with Gasteiger partial charge in [-0.25, -0.2) is 0 Å². The standard InChI is InChI=1S/C16H19ClN2O/c1-5-16(3,4)19-15(20)13-9-11-8-12(17)6-7-14(11)18-10(13)2/h6-9H,5H2,1-4H3,(H,19,20). The van der Waals surface area contributed by atoms with E-state index in [-0.39, 0.29) is 11.4 Å². The molecule has 4 heteroatoms. The number of benzene rings is 1. The lowest BCUT2D eigenvalue weighted by Crippen LogP contribution is -2.43. The Kier molecular flexibility index (Phi) is 4.00. The summed E-state index contributed by atoms with van der Waals surface area (Å²) in [5.41, 5.74) is 1.94. The third-order valence-electron chi connectivity index (χ3n) is 3.55. The van der Waals surface area contributed by atoms with Crippen molar-refractivity contribution in [2.75, 3.05) is 0 Å². The second-order valence-corrected chi connectivity index (χ2v) is 6.09. The van der Waals surface area contributed by atoms with Gasteiger partial charge in [-0.1, -0.05) is 18.5 Å². The van der Waals surface area contributed by atoms with Crippen molar-refractivity contribution in [2.24, 2.45) is 0 Å². The maximum atomic E-state index is 12.4. The van der Waals surface area contributed by atoms with Gasteiger partial charge in [-0.15, -0.1) is 0 Å². The number of amides is 1. The van der Waals surface area contributed by atoms with Crippen LogP contribution in [-0.4, -0.2) is 16.4 Å². The molecule has 0 bridgehead atoms. The van der Waals surface area contributed by atoms with Gasteiger partial charge in [0, 0.05) is 15.9 Å². The number of halogens is 1. The highest BCUT2D eigenvalue weighted by molar-refractivity contribution is 6.31. The molecule has 20 heavy (non-hydrogen) atoms. The lowest BCUT2D eigenvalue weighted by molar-refractivity contribution is 0.0910. The Morgan fingerprint density at radius 2 is 2.05 bits per heavy atom. The number of aromatic nitrogens is 1. The molecule has 0 saturated heterocycles. The monoisotopic (exact) mass is 290 g/mol. The summed E-state index contributed by atoms with van der Waals surface area (Å²) in [6.07, 6.45) is 0.866. The van der Waals surface area contributed by atoms with Crippen LogP contribution in [-0.2, 0) is 0 Å². The van der Waals surface area contributed by atoms with Crippen LogP contribution in [0, 0.1) is 6.92 Å². The molecule has 1 aromatic heterocycles. The summed E-state index contributed by atoms with van der Waals surface area (Å²) in [4.78, 5) is 16.9. The normalized spacial score (nSPS) is 11.7. The predicted octanol–water partition coefficient (Wildman–Crippen LogP) is 4.12. The molecule has 106 valence electrons. The van der Waals surface area contributed by atoms with Crippen LogP contribution >= 0.6 is 11.6 Å². The molecule has 0 spiro atoms. The van der Waals surface area contributed by atoms with Gasteiger partial charge in [-0.3, -0.25) is 9.78 Å². The number of rotatable bonds is 3. The molecule has 1 N–H and O–H groups in total. The van der Waals surface area contributed by atoms with Crippen molar-refractivity contribution in [1.29, 1.82) is 0 Å². The summed E-state index contributed by atoms with van der Waals surface area (Å²) in [5.74, 6) is -0.0938. The second kappa shape index (κ2) is 5.41. The van der Waals surface area contributed by atoms with Crippen LogP contribution in [0.5, 0.6) is 0 Å². The van der Waals surface area contributed by atoms with Crippen molar-refractivity contribution in [3.63, 3.8) is 0 Å². The van der Waals surface area contributed by atoms with E-state index in [1.165, 1.54) is 0 Å². The molecule has 0 aliphatic heterocycles. The maximum Gasteiger partial charge on any atom is 0.253 e. The summed E-state index contributed by atoms with van der Waals surface area (Å²) in [6, 6.07) is 7.34. The third kappa shape index (κ3) is 3.10. The highest BCUT2D eigenvalue weighted by Crippen LogP contribution is 2.21. The fourth-order valence-corrected chi connectivity index (χ4v) is 2.12. The van der Waals surface area contributed by atoms with Crippen LogP contribution in [0.4, 0.5) is 0 Å². The van der Waals surface area contributed by atoms with E-state index in [4.69, 9.17) is 11.6 Å². The lowest BCUT2D eigenvalue weighted by atomic mass is 10.0. The van der Waals surface area contributed by atoms with Crippen LogP contribution in [0.2, 0.25) is 5.02 Å². The van der Waals surface area contributed by atoms with Gasteiger partial charge in [0.25, 0.3) is 5.91 Å². The zero-order valence-electron chi connectivity index (χ0n) is 12.2. The van der Waals surface area contributed by atoms with Gasteiger partial charge in [-0.05, 0) is 51.5 Å². The first-order valence-electron chi connectivity index (χ1n) is 6.72. The smallest absolute Gasteiger partial charge is 0.253 e. The van der Waals surface area contributed by atoms with E-state index in [1.807, 2.05) is 45.9 Å². The van der Waals surface area contributed by atoms with E-state index in [0.717, 1.165) is 23.0 Å². The second-order valence-electron chi connectivity index (χ2n) is 5.65. The number of aryl methyl sites for hydroxylation is 1. The zero-order valence-corrected chi connectivity index (χ0v) is 13.0. The Morgan fingerprint density at radius 3 is 2.70 bits per heavy atom. The number of nitrogens with zero attached hydrogens (tertiary/aromatic N) is 1. The fourth-order valence-electron chi connectivity index (χ4n) is 1.94. The molecule has 0 fully saturated rings. The average Bonchev–Trinajstić information content (AvgIpc) is 2.38. The van der Waals surface area contributed by atoms with Crippen molar-refractivity contribution < 1.29 is 4.79 Å². The summed E-state index contributed by atoms with van der Waals surface area (Å²) in [6.45, 7) is 7.91. The molecule has 1 heterocycles. The molecule has 0 saturated carbocycles. The molecule has 0 aliphatic carbocycles. The fraction of sp³-hybridized carbons (Fsp3) is 0.375. The minimum absolute atomic E-state index is 0.0938. The van der Waals surface area contributed by atoms with Gasteiger partial charge < -0.3 is 5.32 Å². The van der Waals surface area contributed by atoms with Crippen LogP contribution in [0.15, 0.2) is 24.3 Å². The van der Waals surface area contributed by atoms with E-state index < -0.39 is 0 Å². The number of pyridine rings is 1. The Labute approximate surface area is 124 Å². The number of nitrogens with one attached hydrogen (secondary N) is 1. The highest BCUT2D eigenvalue weighted by atomic mass is 35.5. The summed E-state index contributed by atoms with van der Waals surface area (Å²) >= 11 is 5.99. The molecular formula is C16H19ClN2O. The SMILES string of the molecule is CCC(C)(C)NC(=O)c1cc2cc(Cl)ccc2nc1C. The Hall–Kier alpha value is -1.61. The molecule has 1 aromatic carbocycles. The number of hydrogen-bond acceptors (Lipinski definition) is 2. The Bertz CT molecular complexity index is 665. The number of carbonyl (C=O) groups excluding carboxylic acids is 1. The van der Waals surface area contributed by atoms with Gasteiger partial charge in [0.2, 0.25) is 0 Å². The Morgan fingerprint density at radius 1 is 1.35 bits per heavy atom. The molecule has 2 rings (SSSR count). The van der Waals surface area contributed by atoms with E-state index in [2.05, 4.69) is 10.3 Å². The molecule has 0 atom stereocenters. The number of carbonyl (C=O) groups is 1. The van der Waals surface area contributed by atoms with Crippen LogP contribution in [0.3, 0.4) is 0 Å². The molecule has 3 nitrogen and oxygen atoms in total. The molecule has 0 aliphatic rings. The van der Waals surface area contributed by atoms with Crippen molar-refractivity contribution in [1.82, 2.24) is 10.3 Å². The van der Waals surface area contributed by atoms with Crippen LogP contribution in [0.1, 0.15) is 43.2 Å². The van der Waals surface area contributed by atoms with E-state index in [0.29, 0.717) is 10.6 Å². The highest BCUT2D eigenvalue weighted by Gasteiger charge is 2.20. The van der Waals surface area contributed by atoms with Crippen molar-refractivity contribution in [3.8, 4) is 0 Å². The maximum absolute atomic E-state index is 12.4. The van der Waals surface area contributed by atoms with Gasteiger partial charge in [-0.2, -0.15) is 0 Å². The van der Waals surface area contributed by atoms with E-state index in [1.54, 1.807) is 6.07 Å².